The first kappa shape index (κ1) is 10.5. The molecule has 0 saturated heterocycles. The number of benzene rings is 2. The van der Waals surface area contributed by atoms with Crippen molar-refractivity contribution in [1.82, 2.24) is 0 Å². The van der Waals surface area contributed by atoms with Gasteiger partial charge in [-0.1, -0.05) is 23.8 Å². The first-order valence-electron chi connectivity index (χ1n) is 5.46. The highest BCUT2D eigenvalue weighted by Gasteiger charge is 2.21. The predicted molar refractivity (Wildman–Crippen MR) is 68.4 cm³/mol. The minimum atomic E-state index is -1.06. The highest BCUT2D eigenvalue weighted by atomic mass is 32.2. The molecule has 2 nitrogen and oxygen atoms in total. The Morgan fingerprint density at radius 2 is 1.88 bits per heavy atom. The lowest BCUT2D eigenvalue weighted by Crippen LogP contribution is -2.07. The molecule has 1 aliphatic heterocycles. The summed E-state index contributed by atoms with van der Waals surface area (Å²) in [6.07, 6.45) is 0. The van der Waals surface area contributed by atoms with Gasteiger partial charge >= 0.3 is 0 Å². The maximum Gasteiger partial charge on any atom is 0.116 e. The van der Waals surface area contributed by atoms with E-state index < -0.39 is 10.8 Å². The molecule has 1 N–H and O–H groups in total. The van der Waals surface area contributed by atoms with Crippen molar-refractivity contribution in [3.63, 3.8) is 0 Å². The van der Waals surface area contributed by atoms with Crippen molar-refractivity contribution in [2.45, 2.75) is 17.6 Å². The maximum atomic E-state index is 12.1. The van der Waals surface area contributed by atoms with Gasteiger partial charge in [0.2, 0.25) is 0 Å². The van der Waals surface area contributed by atoms with E-state index in [1.54, 1.807) is 12.1 Å². The van der Waals surface area contributed by atoms with Crippen LogP contribution in [0.15, 0.2) is 41.3 Å². The maximum absolute atomic E-state index is 12.1. The minimum absolute atomic E-state index is 0.174. The van der Waals surface area contributed by atoms with E-state index in [1.807, 2.05) is 13.0 Å². The van der Waals surface area contributed by atoms with Crippen LogP contribution in [0.5, 0.6) is 5.75 Å². The Balaban J connectivity index is 2.30. The largest absolute Gasteiger partial charge is 0.508 e. The molecular formula is C14H12O2S. The van der Waals surface area contributed by atoms with Gasteiger partial charge in [0.15, 0.2) is 0 Å². The number of hydrogen-bond acceptors (Lipinski definition) is 2. The van der Waals surface area contributed by atoms with Crippen molar-refractivity contribution >= 4 is 10.8 Å². The van der Waals surface area contributed by atoms with E-state index in [-0.39, 0.29) is 5.75 Å². The first-order valence-corrected chi connectivity index (χ1v) is 6.78. The fourth-order valence-electron chi connectivity index (χ4n) is 2.25. The first-order chi connectivity index (χ1) is 8.15. The van der Waals surface area contributed by atoms with Crippen LogP contribution in [0.4, 0.5) is 0 Å². The van der Waals surface area contributed by atoms with Crippen molar-refractivity contribution in [2.24, 2.45) is 0 Å². The van der Waals surface area contributed by atoms with Crippen LogP contribution in [-0.4, -0.2) is 9.32 Å². The quantitative estimate of drug-likeness (QED) is 0.773. The Morgan fingerprint density at radius 3 is 2.71 bits per heavy atom. The number of phenolic OH excluding ortho intramolecular Hbond substituents is 1. The second-order valence-electron chi connectivity index (χ2n) is 4.33. The summed E-state index contributed by atoms with van der Waals surface area (Å²) in [5.41, 5.74) is 4.41. The summed E-state index contributed by atoms with van der Waals surface area (Å²) >= 11 is 0. The highest BCUT2D eigenvalue weighted by Crippen LogP contribution is 2.37. The molecule has 0 radical (unpaired) electrons. The number of aromatic hydroxyl groups is 1. The Kier molecular flexibility index (Phi) is 2.30. The van der Waals surface area contributed by atoms with Gasteiger partial charge in [0.1, 0.15) is 5.75 Å². The predicted octanol–water partition coefficient (Wildman–Crippen LogP) is 2.99. The number of rotatable bonds is 0. The minimum Gasteiger partial charge on any atom is -0.508 e. The van der Waals surface area contributed by atoms with Gasteiger partial charge in [-0.15, -0.1) is 0 Å². The zero-order valence-electron chi connectivity index (χ0n) is 9.43. The van der Waals surface area contributed by atoms with E-state index >= 15 is 0 Å². The van der Waals surface area contributed by atoms with E-state index in [0.29, 0.717) is 5.75 Å². The zero-order valence-corrected chi connectivity index (χ0v) is 10.3. The molecule has 0 aromatic heterocycles. The Hall–Kier alpha value is -1.61. The van der Waals surface area contributed by atoms with Crippen LogP contribution in [0.3, 0.4) is 0 Å². The van der Waals surface area contributed by atoms with Gasteiger partial charge < -0.3 is 5.11 Å². The SMILES string of the molecule is Cc1ccc2c(c1)CS(=O)c1cc(O)ccc1-2. The summed E-state index contributed by atoms with van der Waals surface area (Å²) in [5.74, 6) is 0.709. The molecule has 1 aliphatic rings. The van der Waals surface area contributed by atoms with Crippen LogP contribution in [0, 0.1) is 6.92 Å². The van der Waals surface area contributed by atoms with Crippen LogP contribution in [0.1, 0.15) is 11.1 Å². The summed E-state index contributed by atoms with van der Waals surface area (Å²) in [7, 11) is -1.06. The van der Waals surface area contributed by atoms with Crippen LogP contribution in [-0.2, 0) is 16.6 Å². The molecule has 2 aromatic rings. The van der Waals surface area contributed by atoms with E-state index in [9.17, 15) is 9.32 Å². The van der Waals surface area contributed by atoms with Crippen molar-refractivity contribution in [3.8, 4) is 16.9 Å². The van der Waals surface area contributed by atoms with Gasteiger partial charge in [0, 0.05) is 0 Å². The second-order valence-corrected chi connectivity index (χ2v) is 5.75. The van der Waals surface area contributed by atoms with Crippen molar-refractivity contribution in [3.05, 3.63) is 47.5 Å². The molecule has 1 atom stereocenters. The fraction of sp³-hybridized carbons (Fsp3) is 0.143. The lowest BCUT2D eigenvalue weighted by molar-refractivity contribution is 0.473. The Morgan fingerprint density at radius 1 is 1.12 bits per heavy atom. The van der Waals surface area contributed by atoms with Crippen LogP contribution < -0.4 is 0 Å². The van der Waals surface area contributed by atoms with Gasteiger partial charge in [-0.2, -0.15) is 0 Å². The monoisotopic (exact) mass is 244 g/mol. The molecule has 0 fully saturated rings. The molecule has 0 aliphatic carbocycles. The summed E-state index contributed by atoms with van der Waals surface area (Å²) in [6, 6.07) is 11.3. The van der Waals surface area contributed by atoms with Crippen LogP contribution in [0.25, 0.3) is 11.1 Å². The standard InChI is InChI=1S/C14H12O2S/c1-9-2-4-12-10(6-9)8-17(16)14-7-11(15)3-5-13(12)14/h2-7,15H,8H2,1H3. The Bertz CT molecular complexity index is 632. The van der Waals surface area contributed by atoms with Crippen LogP contribution >= 0.6 is 0 Å². The fourth-order valence-corrected chi connectivity index (χ4v) is 3.60. The summed E-state index contributed by atoms with van der Waals surface area (Å²) in [4.78, 5) is 0.737. The van der Waals surface area contributed by atoms with Gasteiger partial charge in [-0.3, -0.25) is 4.21 Å². The topological polar surface area (TPSA) is 37.3 Å². The molecule has 1 heterocycles. The average Bonchev–Trinajstić information content (AvgIpc) is 2.29. The van der Waals surface area contributed by atoms with E-state index in [4.69, 9.17) is 0 Å². The third-order valence-electron chi connectivity index (χ3n) is 3.05. The van der Waals surface area contributed by atoms with Crippen molar-refractivity contribution in [1.29, 1.82) is 0 Å². The molecule has 0 spiro atoms. The number of aryl methyl sites for hydroxylation is 1. The molecule has 2 aromatic carbocycles. The molecule has 0 bridgehead atoms. The lowest BCUT2D eigenvalue weighted by atomic mass is 9.98. The number of fused-ring (bicyclic) bond motifs is 3. The molecule has 17 heavy (non-hydrogen) atoms. The summed E-state index contributed by atoms with van der Waals surface area (Å²) in [5, 5.41) is 9.46. The molecule has 0 amide bonds. The third kappa shape index (κ3) is 1.67. The number of hydrogen-bond donors (Lipinski definition) is 1. The second kappa shape index (κ2) is 3.70. The van der Waals surface area contributed by atoms with Crippen molar-refractivity contribution in [2.75, 3.05) is 0 Å². The molecular weight excluding hydrogens is 232 g/mol. The molecule has 3 rings (SSSR count). The van der Waals surface area contributed by atoms with E-state index in [0.717, 1.165) is 21.6 Å². The summed E-state index contributed by atoms with van der Waals surface area (Å²) in [6.45, 7) is 2.04. The van der Waals surface area contributed by atoms with Gasteiger partial charge in [-0.25, -0.2) is 0 Å². The number of phenols is 1. The van der Waals surface area contributed by atoms with Crippen LogP contribution in [0.2, 0.25) is 0 Å². The molecule has 3 heteroatoms. The summed E-state index contributed by atoms with van der Waals surface area (Å²) < 4.78 is 12.1. The molecule has 86 valence electrons. The zero-order chi connectivity index (χ0) is 12.0. The lowest BCUT2D eigenvalue weighted by Gasteiger charge is -2.19. The van der Waals surface area contributed by atoms with E-state index in [1.165, 1.54) is 5.56 Å². The van der Waals surface area contributed by atoms with Crippen molar-refractivity contribution < 1.29 is 9.32 Å². The Labute approximate surface area is 102 Å². The smallest absolute Gasteiger partial charge is 0.116 e. The van der Waals surface area contributed by atoms with Gasteiger partial charge in [0.25, 0.3) is 0 Å². The van der Waals surface area contributed by atoms with Gasteiger partial charge in [-0.05, 0) is 41.8 Å². The van der Waals surface area contributed by atoms with E-state index in [2.05, 4.69) is 18.2 Å². The molecule has 1 unspecified atom stereocenters. The average molecular weight is 244 g/mol. The highest BCUT2D eigenvalue weighted by molar-refractivity contribution is 7.84. The molecule has 0 saturated carbocycles. The third-order valence-corrected chi connectivity index (χ3v) is 4.45. The normalized spacial score (nSPS) is 17.4. The van der Waals surface area contributed by atoms with Gasteiger partial charge in [0.05, 0.1) is 21.4 Å².